The van der Waals surface area contributed by atoms with Crippen molar-refractivity contribution in [2.75, 3.05) is 13.7 Å². The number of nitrogens with zero attached hydrogens (tertiary/aromatic N) is 2. The van der Waals surface area contributed by atoms with E-state index in [4.69, 9.17) is 5.73 Å². The number of alkyl carbamates (subject to hydrolysis) is 1. The topological polar surface area (TPSA) is 126 Å². The first-order chi connectivity index (χ1) is 19.4. The summed E-state index contributed by atoms with van der Waals surface area (Å²) in [5, 5.41) is 4.32. The summed E-state index contributed by atoms with van der Waals surface area (Å²) in [5.74, 6) is -1.38. The summed E-state index contributed by atoms with van der Waals surface area (Å²) in [6.07, 6.45) is -6.03. The van der Waals surface area contributed by atoms with Crippen LogP contribution in [0.25, 0.3) is 0 Å². The molecule has 3 rings (SSSR count). The molecule has 1 aliphatic heterocycles. The zero-order valence-electron chi connectivity index (χ0n) is 23.3. The lowest BCUT2D eigenvalue weighted by Crippen LogP contribution is -2.54. The predicted octanol–water partition coefficient (Wildman–Crippen LogP) is 3.88. The number of benzene rings is 2. The zero-order valence-corrected chi connectivity index (χ0v) is 23.3. The van der Waals surface area contributed by atoms with Crippen molar-refractivity contribution in [2.24, 2.45) is 16.6 Å². The van der Waals surface area contributed by atoms with Crippen LogP contribution >= 0.6 is 0 Å². The third-order valence-corrected chi connectivity index (χ3v) is 6.80. The van der Waals surface area contributed by atoms with Gasteiger partial charge < -0.3 is 21.1 Å². The van der Waals surface area contributed by atoms with Gasteiger partial charge in [-0.25, -0.2) is 9.79 Å². The number of rotatable bonds is 12. The predicted molar refractivity (Wildman–Crippen MR) is 148 cm³/mol. The number of nitrogens with two attached hydrogens (primary N) is 1. The Morgan fingerprint density at radius 1 is 1.05 bits per heavy atom. The van der Waals surface area contributed by atoms with E-state index >= 15 is 0 Å². The van der Waals surface area contributed by atoms with Crippen LogP contribution in [0, 0.1) is 5.92 Å². The SMILES string of the molecule is COC(=O)N[C@@H](Cc1ccccc1)C(=O)N[C@H](CCCN1C(=O)[C@@](CC(C)C)(c2ccccc2)N=C1N)C(F)(F)F. The van der Waals surface area contributed by atoms with Gasteiger partial charge >= 0.3 is 12.3 Å². The van der Waals surface area contributed by atoms with E-state index in [0.29, 0.717) is 17.5 Å². The van der Waals surface area contributed by atoms with Crippen molar-refractivity contribution in [1.29, 1.82) is 0 Å². The quantitative estimate of drug-likeness (QED) is 0.354. The van der Waals surface area contributed by atoms with Gasteiger partial charge in [-0.15, -0.1) is 0 Å². The molecule has 1 heterocycles. The standard InChI is InChI=1S/C29H36F3N5O4/c1-19(2)18-28(21-13-8-5-9-14-21)25(39)37(26(33)36-28)16-10-15-23(29(30,31)32)35-24(38)22(34-27(40)41-3)17-20-11-6-4-7-12-20/h4-9,11-14,19,22-23H,10,15-18H2,1-3H3,(H2,33,36)(H,34,40)(H,35,38)/t22-,23+,28+/m0/s1. The van der Waals surface area contributed by atoms with Crippen molar-refractivity contribution in [3.63, 3.8) is 0 Å². The van der Waals surface area contributed by atoms with E-state index in [9.17, 15) is 27.6 Å². The fourth-order valence-corrected chi connectivity index (χ4v) is 4.89. The van der Waals surface area contributed by atoms with E-state index in [1.54, 1.807) is 54.6 Å². The number of ether oxygens (including phenoxy) is 1. The van der Waals surface area contributed by atoms with Crippen LogP contribution in [0.5, 0.6) is 0 Å². The maximum Gasteiger partial charge on any atom is 0.408 e. The van der Waals surface area contributed by atoms with E-state index in [2.05, 4.69) is 15.0 Å². The Hall–Kier alpha value is -4.09. The molecule has 0 aromatic heterocycles. The summed E-state index contributed by atoms with van der Waals surface area (Å²) in [4.78, 5) is 44.1. The zero-order chi connectivity index (χ0) is 30.2. The summed E-state index contributed by atoms with van der Waals surface area (Å²) in [6, 6.07) is 14.0. The van der Waals surface area contributed by atoms with Crippen molar-refractivity contribution in [3.8, 4) is 0 Å². The largest absolute Gasteiger partial charge is 0.453 e. The van der Waals surface area contributed by atoms with Crippen LogP contribution in [-0.2, 0) is 26.3 Å². The minimum atomic E-state index is -4.78. The smallest absolute Gasteiger partial charge is 0.408 e. The lowest BCUT2D eigenvalue weighted by Gasteiger charge is -2.29. The second kappa shape index (κ2) is 13.5. The van der Waals surface area contributed by atoms with E-state index < -0.39 is 48.1 Å². The highest BCUT2D eigenvalue weighted by Crippen LogP contribution is 2.39. The lowest BCUT2D eigenvalue weighted by molar-refractivity contribution is -0.163. The molecule has 2 aromatic carbocycles. The normalized spacial score (nSPS) is 18.6. The fraction of sp³-hybridized carbons (Fsp3) is 0.448. The molecule has 0 saturated carbocycles. The summed E-state index contributed by atoms with van der Waals surface area (Å²) >= 11 is 0. The average molecular weight is 576 g/mol. The van der Waals surface area contributed by atoms with Crippen molar-refractivity contribution in [2.45, 2.75) is 63.3 Å². The Morgan fingerprint density at radius 2 is 1.66 bits per heavy atom. The Bertz CT molecular complexity index is 1220. The number of carbonyl (C=O) groups is 3. The van der Waals surface area contributed by atoms with Gasteiger partial charge in [0.2, 0.25) is 5.91 Å². The molecule has 0 unspecified atom stereocenters. The van der Waals surface area contributed by atoms with Gasteiger partial charge in [-0.1, -0.05) is 74.5 Å². The second-order valence-electron chi connectivity index (χ2n) is 10.4. The summed E-state index contributed by atoms with van der Waals surface area (Å²) in [6.45, 7) is 3.78. The molecule has 12 heteroatoms. The molecule has 0 spiro atoms. The molecule has 0 bridgehead atoms. The highest BCUT2D eigenvalue weighted by atomic mass is 19.4. The summed E-state index contributed by atoms with van der Waals surface area (Å²) in [7, 11) is 1.09. The molecule has 4 N–H and O–H groups in total. The third kappa shape index (κ3) is 7.99. The fourth-order valence-electron chi connectivity index (χ4n) is 4.89. The Kier molecular flexibility index (Phi) is 10.4. The number of amides is 3. The number of carbonyl (C=O) groups excluding carboxylic acids is 3. The molecule has 0 aliphatic carbocycles. The molecule has 0 saturated heterocycles. The Balaban J connectivity index is 1.71. The number of hydrogen-bond acceptors (Lipinski definition) is 6. The second-order valence-corrected chi connectivity index (χ2v) is 10.4. The van der Waals surface area contributed by atoms with Crippen LogP contribution in [0.2, 0.25) is 0 Å². The van der Waals surface area contributed by atoms with Crippen LogP contribution in [0.4, 0.5) is 18.0 Å². The first kappa shape index (κ1) is 31.4. The molecular weight excluding hydrogens is 539 g/mol. The van der Waals surface area contributed by atoms with Gasteiger partial charge in [0.25, 0.3) is 5.91 Å². The Morgan fingerprint density at radius 3 is 2.22 bits per heavy atom. The van der Waals surface area contributed by atoms with E-state index in [1.165, 1.54) is 4.90 Å². The molecule has 1 aliphatic rings. The number of aliphatic imine (C=N–C) groups is 1. The molecule has 0 fully saturated rings. The Labute approximate surface area is 237 Å². The van der Waals surface area contributed by atoms with E-state index in [0.717, 1.165) is 7.11 Å². The van der Waals surface area contributed by atoms with Crippen molar-refractivity contribution < 1.29 is 32.3 Å². The van der Waals surface area contributed by atoms with Gasteiger partial charge in [0, 0.05) is 13.0 Å². The molecule has 41 heavy (non-hydrogen) atoms. The minimum absolute atomic E-state index is 0.0426. The van der Waals surface area contributed by atoms with E-state index in [-0.39, 0.29) is 31.3 Å². The van der Waals surface area contributed by atoms with E-state index in [1.807, 2.05) is 25.2 Å². The van der Waals surface area contributed by atoms with Gasteiger partial charge in [-0.2, -0.15) is 13.2 Å². The van der Waals surface area contributed by atoms with Gasteiger partial charge in [0.05, 0.1) is 7.11 Å². The first-order valence-corrected chi connectivity index (χ1v) is 13.4. The molecule has 9 nitrogen and oxygen atoms in total. The molecular formula is C29H36F3N5O4. The van der Waals surface area contributed by atoms with Crippen LogP contribution < -0.4 is 16.4 Å². The first-order valence-electron chi connectivity index (χ1n) is 13.4. The van der Waals surface area contributed by atoms with Crippen molar-refractivity contribution >= 4 is 23.9 Å². The molecule has 3 amide bonds. The van der Waals surface area contributed by atoms with Crippen molar-refractivity contribution in [3.05, 3.63) is 71.8 Å². The number of halogens is 3. The molecule has 2 aromatic rings. The highest BCUT2D eigenvalue weighted by Gasteiger charge is 2.49. The van der Waals surface area contributed by atoms with Crippen molar-refractivity contribution in [1.82, 2.24) is 15.5 Å². The number of hydrogen-bond donors (Lipinski definition) is 3. The minimum Gasteiger partial charge on any atom is -0.453 e. The van der Waals surface area contributed by atoms with Crippen LogP contribution in [0.3, 0.4) is 0 Å². The molecule has 222 valence electrons. The van der Waals surface area contributed by atoms with Gasteiger partial charge in [-0.3, -0.25) is 14.5 Å². The number of nitrogens with one attached hydrogen (secondary N) is 2. The summed E-state index contributed by atoms with van der Waals surface area (Å²) < 4.78 is 46.5. The third-order valence-electron chi connectivity index (χ3n) is 6.80. The number of methoxy groups -OCH3 is 1. The maximum atomic E-state index is 14.0. The average Bonchev–Trinajstić information content (AvgIpc) is 3.16. The van der Waals surface area contributed by atoms with Gasteiger partial charge in [0.1, 0.15) is 12.1 Å². The number of guanidine groups is 1. The van der Waals surface area contributed by atoms with Crippen LogP contribution in [0.15, 0.2) is 65.7 Å². The van der Waals surface area contributed by atoms with Gasteiger partial charge in [0.15, 0.2) is 11.5 Å². The molecule has 0 radical (unpaired) electrons. The highest BCUT2D eigenvalue weighted by molar-refractivity contribution is 6.07. The van der Waals surface area contributed by atoms with Crippen LogP contribution in [-0.4, -0.2) is 60.7 Å². The van der Waals surface area contributed by atoms with Crippen LogP contribution in [0.1, 0.15) is 44.2 Å². The monoisotopic (exact) mass is 575 g/mol. The van der Waals surface area contributed by atoms with Gasteiger partial charge in [-0.05, 0) is 36.3 Å². The summed E-state index contributed by atoms with van der Waals surface area (Å²) in [5.41, 5.74) is 6.17. The number of alkyl halides is 3. The lowest BCUT2D eigenvalue weighted by atomic mass is 9.82. The maximum absolute atomic E-state index is 14.0. The molecule has 3 atom stereocenters.